The van der Waals surface area contributed by atoms with Crippen molar-refractivity contribution in [1.29, 1.82) is 0 Å². The third-order valence-electron chi connectivity index (χ3n) is 3.48. The number of nitrogen functional groups attached to an aromatic ring is 1. The van der Waals surface area contributed by atoms with Crippen LogP contribution in [0, 0.1) is 0 Å². The maximum atomic E-state index is 12.0. The topological polar surface area (TPSA) is 92.9 Å². The monoisotopic (exact) mass is 300 g/mol. The standard InChI is InChI=1S/C13H20N2O4S/c1-2-13(16)9-15(10-13)20(17,18)8-7-19-12-5-3-11(14)4-6-12/h3-6,16H,2,7-10,14H2,1H3. The lowest BCUT2D eigenvalue weighted by atomic mass is 9.94. The van der Waals surface area contributed by atoms with Gasteiger partial charge in [0, 0.05) is 18.8 Å². The average Bonchev–Trinajstić information content (AvgIpc) is 2.37. The molecule has 1 aliphatic rings. The number of nitrogens with two attached hydrogens (primary N) is 1. The fourth-order valence-electron chi connectivity index (χ4n) is 1.99. The molecule has 0 spiro atoms. The second kappa shape index (κ2) is 5.59. The lowest BCUT2D eigenvalue weighted by Gasteiger charge is -2.44. The zero-order chi connectivity index (χ0) is 14.8. The maximum Gasteiger partial charge on any atom is 0.217 e. The van der Waals surface area contributed by atoms with E-state index in [9.17, 15) is 13.5 Å². The summed E-state index contributed by atoms with van der Waals surface area (Å²) < 4.78 is 30.6. The lowest BCUT2D eigenvalue weighted by Crippen LogP contribution is -2.63. The Hall–Kier alpha value is -1.31. The Morgan fingerprint density at radius 2 is 1.95 bits per heavy atom. The Morgan fingerprint density at radius 3 is 2.50 bits per heavy atom. The van der Waals surface area contributed by atoms with Gasteiger partial charge >= 0.3 is 0 Å². The second-order valence-electron chi connectivity index (χ2n) is 5.08. The number of sulfonamides is 1. The van der Waals surface area contributed by atoms with Gasteiger partial charge in [0.2, 0.25) is 10.0 Å². The fourth-order valence-corrected chi connectivity index (χ4v) is 3.41. The molecule has 0 amide bonds. The first-order valence-corrected chi connectivity index (χ1v) is 8.14. The SMILES string of the molecule is CCC1(O)CN(S(=O)(=O)CCOc2ccc(N)cc2)C1. The summed E-state index contributed by atoms with van der Waals surface area (Å²) in [5.41, 5.74) is 5.32. The molecular weight excluding hydrogens is 280 g/mol. The Bertz CT molecular complexity index is 550. The number of hydrogen-bond acceptors (Lipinski definition) is 5. The molecule has 1 aromatic carbocycles. The summed E-state index contributed by atoms with van der Waals surface area (Å²) in [4.78, 5) is 0. The number of ether oxygens (including phenoxy) is 1. The summed E-state index contributed by atoms with van der Waals surface area (Å²) in [5.74, 6) is 0.486. The second-order valence-corrected chi connectivity index (χ2v) is 7.17. The molecule has 1 aliphatic heterocycles. The summed E-state index contributed by atoms with van der Waals surface area (Å²) in [6, 6.07) is 6.78. The molecule has 0 bridgehead atoms. The summed E-state index contributed by atoms with van der Waals surface area (Å²) >= 11 is 0. The summed E-state index contributed by atoms with van der Waals surface area (Å²) in [6.07, 6.45) is 0.557. The highest BCUT2D eigenvalue weighted by Crippen LogP contribution is 2.27. The van der Waals surface area contributed by atoms with Gasteiger partial charge in [-0.05, 0) is 30.7 Å². The molecule has 2 rings (SSSR count). The number of rotatable bonds is 6. The third kappa shape index (κ3) is 3.41. The van der Waals surface area contributed by atoms with Gasteiger partial charge in [0.15, 0.2) is 0 Å². The summed E-state index contributed by atoms with van der Waals surface area (Å²) in [5, 5.41) is 9.83. The van der Waals surface area contributed by atoms with E-state index in [0.717, 1.165) is 0 Å². The maximum absolute atomic E-state index is 12.0. The highest BCUT2D eigenvalue weighted by molar-refractivity contribution is 7.89. The van der Waals surface area contributed by atoms with Crippen LogP contribution in [0.15, 0.2) is 24.3 Å². The minimum atomic E-state index is -3.36. The van der Waals surface area contributed by atoms with Gasteiger partial charge in [-0.25, -0.2) is 8.42 Å². The van der Waals surface area contributed by atoms with E-state index in [-0.39, 0.29) is 25.4 Å². The molecule has 7 heteroatoms. The smallest absolute Gasteiger partial charge is 0.217 e. The lowest BCUT2D eigenvalue weighted by molar-refractivity contribution is -0.0614. The quantitative estimate of drug-likeness (QED) is 0.743. The predicted octanol–water partition coefficient (Wildman–Crippen LogP) is 0.434. The van der Waals surface area contributed by atoms with Crippen LogP contribution in [0.4, 0.5) is 5.69 Å². The van der Waals surface area contributed by atoms with Crippen molar-refractivity contribution in [2.75, 3.05) is 31.2 Å². The molecule has 1 aromatic rings. The van der Waals surface area contributed by atoms with E-state index in [1.165, 1.54) is 4.31 Å². The number of nitrogens with zero attached hydrogens (tertiary/aromatic N) is 1. The summed E-state index contributed by atoms with van der Waals surface area (Å²) in [6.45, 7) is 2.27. The summed E-state index contributed by atoms with van der Waals surface area (Å²) in [7, 11) is -3.36. The van der Waals surface area contributed by atoms with Crippen molar-refractivity contribution in [1.82, 2.24) is 4.31 Å². The normalized spacial score (nSPS) is 18.5. The van der Waals surface area contributed by atoms with Crippen LogP contribution in [0.25, 0.3) is 0 Å². The molecule has 112 valence electrons. The van der Waals surface area contributed by atoms with Crippen LogP contribution in [0.5, 0.6) is 5.75 Å². The first-order chi connectivity index (χ1) is 9.35. The number of β-amino-alcohol motifs (C(OH)–C–C–N with tert-alkyl or cyclic N) is 1. The molecule has 0 atom stereocenters. The van der Waals surface area contributed by atoms with Crippen LogP contribution in [0.1, 0.15) is 13.3 Å². The Morgan fingerprint density at radius 1 is 1.35 bits per heavy atom. The van der Waals surface area contributed by atoms with E-state index in [1.54, 1.807) is 24.3 Å². The van der Waals surface area contributed by atoms with Crippen LogP contribution in [-0.2, 0) is 10.0 Å². The molecule has 3 N–H and O–H groups in total. The zero-order valence-corrected chi connectivity index (χ0v) is 12.3. The van der Waals surface area contributed by atoms with Gasteiger partial charge in [-0.15, -0.1) is 0 Å². The van der Waals surface area contributed by atoms with Crippen molar-refractivity contribution >= 4 is 15.7 Å². The van der Waals surface area contributed by atoms with Gasteiger partial charge in [-0.2, -0.15) is 4.31 Å². The van der Waals surface area contributed by atoms with Crippen molar-refractivity contribution in [3.05, 3.63) is 24.3 Å². The average molecular weight is 300 g/mol. The van der Waals surface area contributed by atoms with Gasteiger partial charge in [0.1, 0.15) is 12.4 Å². The van der Waals surface area contributed by atoms with E-state index in [2.05, 4.69) is 0 Å². The molecule has 6 nitrogen and oxygen atoms in total. The largest absolute Gasteiger partial charge is 0.492 e. The number of benzene rings is 1. The van der Waals surface area contributed by atoms with Crippen LogP contribution < -0.4 is 10.5 Å². The van der Waals surface area contributed by atoms with Gasteiger partial charge in [0.25, 0.3) is 0 Å². The Kier molecular flexibility index (Phi) is 4.22. The molecule has 0 saturated carbocycles. The highest BCUT2D eigenvalue weighted by atomic mass is 32.2. The van der Waals surface area contributed by atoms with E-state index < -0.39 is 15.6 Å². The van der Waals surface area contributed by atoms with Crippen molar-refractivity contribution in [2.24, 2.45) is 0 Å². The van der Waals surface area contributed by atoms with Gasteiger partial charge < -0.3 is 15.6 Å². The van der Waals surface area contributed by atoms with Crippen LogP contribution in [0.3, 0.4) is 0 Å². The molecule has 1 saturated heterocycles. The van der Waals surface area contributed by atoms with Crippen molar-refractivity contribution in [2.45, 2.75) is 18.9 Å². The number of anilines is 1. The molecule has 1 heterocycles. The minimum Gasteiger partial charge on any atom is -0.492 e. The Labute approximate surface area is 119 Å². The molecular formula is C13H20N2O4S. The van der Waals surface area contributed by atoms with Gasteiger partial charge in [-0.3, -0.25) is 0 Å². The first kappa shape index (κ1) is 15.1. The van der Waals surface area contributed by atoms with E-state index in [4.69, 9.17) is 10.5 Å². The molecule has 0 unspecified atom stereocenters. The van der Waals surface area contributed by atoms with E-state index in [1.807, 2.05) is 6.92 Å². The zero-order valence-electron chi connectivity index (χ0n) is 11.4. The predicted molar refractivity (Wildman–Crippen MR) is 77.0 cm³/mol. The van der Waals surface area contributed by atoms with Crippen molar-refractivity contribution in [3.63, 3.8) is 0 Å². The van der Waals surface area contributed by atoms with Gasteiger partial charge in [0.05, 0.1) is 11.4 Å². The minimum absolute atomic E-state index is 0.0767. The van der Waals surface area contributed by atoms with Crippen LogP contribution in [0.2, 0.25) is 0 Å². The van der Waals surface area contributed by atoms with Gasteiger partial charge in [-0.1, -0.05) is 6.92 Å². The fraction of sp³-hybridized carbons (Fsp3) is 0.538. The first-order valence-electron chi connectivity index (χ1n) is 6.53. The molecule has 0 aliphatic carbocycles. The highest BCUT2D eigenvalue weighted by Gasteiger charge is 2.45. The number of aliphatic hydroxyl groups is 1. The third-order valence-corrected chi connectivity index (χ3v) is 5.21. The van der Waals surface area contributed by atoms with E-state index in [0.29, 0.717) is 17.9 Å². The molecule has 0 radical (unpaired) electrons. The molecule has 20 heavy (non-hydrogen) atoms. The van der Waals surface area contributed by atoms with Crippen molar-refractivity contribution in [3.8, 4) is 5.75 Å². The molecule has 1 fully saturated rings. The van der Waals surface area contributed by atoms with Crippen molar-refractivity contribution < 1.29 is 18.3 Å². The van der Waals surface area contributed by atoms with E-state index >= 15 is 0 Å². The molecule has 0 aromatic heterocycles. The number of hydrogen-bond donors (Lipinski definition) is 2. The Balaban J connectivity index is 1.80. The van der Waals surface area contributed by atoms with Crippen LogP contribution >= 0.6 is 0 Å². The van der Waals surface area contributed by atoms with Crippen LogP contribution in [-0.4, -0.2) is 48.9 Å².